The number of anilines is 1. The number of H-pyrrole nitrogens is 1. The first-order chi connectivity index (χ1) is 11.2. The molecule has 0 spiro atoms. The molecule has 3 aromatic rings. The molecule has 9 nitrogen and oxygen atoms in total. The van der Waals surface area contributed by atoms with E-state index in [1.807, 2.05) is 24.0 Å². The van der Waals surface area contributed by atoms with Gasteiger partial charge in [0.15, 0.2) is 17.3 Å². The van der Waals surface area contributed by atoms with Crippen molar-refractivity contribution >= 4 is 17.0 Å². The van der Waals surface area contributed by atoms with Crippen molar-refractivity contribution in [3.8, 4) is 0 Å². The van der Waals surface area contributed by atoms with Gasteiger partial charge in [0.05, 0.1) is 18.6 Å². The first-order valence-electron chi connectivity index (χ1n) is 7.48. The lowest BCUT2D eigenvalue weighted by atomic mass is 10.2. The number of ether oxygens (including phenoxy) is 1. The van der Waals surface area contributed by atoms with Crippen LogP contribution in [-0.2, 0) is 18.3 Å². The molecule has 120 valence electrons. The molecule has 3 N–H and O–H groups in total. The summed E-state index contributed by atoms with van der Waals surface area (Å²) in [6.45, 7) is 3.02. The van der Waals surface area contributed by atoms with Gasteiger partial charge in [-0.25, -0.2) is 15.0 Å². The zero-order valence-corrected chi connectivity index (χ0v) is 12.8. The van der Waals surface area contributed by atoms with Crippen LogP contribution in [0.1, 0.15) is 17.6 Å². The molecule has 0 aromatic carbocycles. The highest BCUT2D eigenvalue weighted by atomic mass is 16.5. The predicted molar refractivity (Wildman–Crippen MR) is 83.3 cm³/mol. The summed E-state index contributed by atoms with van der Waals surface area (Å²) < 4.78 is 7.73. The van der Waals surface area contributed by atoms with Crippen LogP contribution in [0.3, 0.4) is 0 Å². The SMILES string of the molecule is Cn1nccc1CN1CCOC(c2nc(N)c3[nH]cnc3n2)C1. The molecular formula is C14H18N8O. The third-order valence-electron chi connectivity index (χ3n) is 4.08. The van der Waals surface area contributed by atoms with E-state index in [2.05, 4.69) is 29.9 Å². The summed E-state index contributed by atoms with van der Waals surface area (Å²) in [5.74, 6) is 0.978. The van der Waals surface area contributed by atoms with Gasteiger partial charge in [-0.05, 0) is 6.07 Å². The number of nitrogens with one attached hydrogen (secondary N) is 1. The number of fused-ring (bicyclic) bond motifs is 1. The molecule has 9 heteroatoms. The Balaban J connectivity index is 1.55. The van der Waals surface area contributed by atoms with Gasteiger partial charge in [0.2, 0.25) is 0 Å². The Kier molecular flexibility index (Phi) is 3.43. The zero-order chi connectivity index (χ0) is 15.8. The average Bonchev–Trinajstić information content (AvgIpc) is 3.17. The van der Waals surface area contributed by atoms with Crippen LogP contribution in [0.4, 0.5) is 5.82 Å². The quantitative estimate of drug-likeness (QED) is 0.712. The van der Waals surface area contributed by atoms with Crippen LogP contribution in [-0.4, -0.2) is 54.3 Å². The van der Waals surface area contributed by atoms with E-state index in [9.17, 15) is 0 Å². The maximum Gasteiger partial charge on any atom is 0.183 e. The van der Waals surface area contributed by atoms with Gasteiger partial charge in [0.1, 0.15) is 11.6 Å². The third kappa shape index (κ3) is 2.64. The average molecular weight is 314 g/mol. The van der Waals surface area contributed by atoms with Gasteiger partial charge in [-0.15, -0.1) is 0 Å². The summed E-state index contributed by atoms with van der Waals surface area (Å²) in [4.78, 5) is 18.2. The highest BCUT2D eigenvalue weighted by Gasteiger charge is 2.26. The minimum Gasteiger partial charge on any atom is -0.382 e. The predicted octanol–water partition coefficient (Wildman–Crippen LogP) is 0.242. The minimum absolute atomic E-state index is 0.208. The number of hydrogen-bond donors (Lipinski definition) is 2. The lowest BCUT2D eigenvalue weighted by Crippen LogP contribution is -2.38. The fraction of sp³-hybridized carbons (Fsp3) is 0.429. The zero-order valence-electron chi connectivity index (χ0n) is 12.8. The molecule has 3 aromatic heterocycles. The molecule has 0 saturated carbocycles. The Hall–Kier alpha value is -2.52. The highest BCUT2D eigenvalue weighted by molar-refractivity contribution is 5.80. The number of aromatic amines is 1. The number of imidazole rings is 1. The van der Waals surface area contributed by atoms with E-state index in [0.717, 1.165) is 18.8 Å². The van der Waals surface area contributed by atoms with Crippen molar-refractivity contribution in [1.29, 1.82) is 0 Å². The molecule has 4 rings (SSSR count). The number of nitrogens with zero attached hydrogens (tertiary/aromatic N) is 6. The van der Waals surface area contributed by atoms with E-state index in [4.69, 9.17) is 10.5 Å². The Bertz CT molecular complexity index is 825. The van der Waals surface area contributed by atoms with Crippen LogP contribution in [0.15, 0.2) is 18.6 Å². The molecule has 4 heterocycles. The van der Waals surface area contributed by atoms with Crippen LogP contribution in [0.25, 0.3) is 11.2 Å². The number of hydrogen-bond acceptors (Lipinski definition) is 7. The van der Waals surface area contributed by atoms with Gasteiger partial charge in [-0.2, -0.15) is 5.10 Å². The summed E-state index contributed by atoms with van der Waals surface area (Å²) in [5.41, 5.74) is 8.36. The van der Waals surface area contributed by atoms with E-state index in [1.54, 1.807) is 6.33 Å². The lowest BCUT2D eigenvalue weighted by molar-refractivity contribution is -0.0376. The van der Waals surface area contributed by atoms with Crippen LogP contribution < -0.4 is 5.73 Å². The molecule has 0 amide bonds. The number of nitrogens with two attached hydrogens (primary N) is 1. The van der Waals surface area contributed by atoms with Crippen LogP contribution in [0, 0.1) is 0 Å². The second-order valence-electron chi connectivity index (χ2n) is 5.61. The molecule has 1 aliphatic rings. The molecule has 23 heavy (non-hydrogen) atoms. The first kappa shape index (κ1) is 14.1. The number of rotatable bonds is 3. The van der Waals surface area contributed by atoms with Gasteiger partial charge in [-0.3, -0.25) is 9.58 Å². The summed E-state index contributed by atoms with van der Waals surface area (Å²) in [6, 6.07) is 2.02. The summed E-state index contributed by atoms with van der Waals surface area (Å²) in [6.07, 6.45) is 3.17. The Morgan fingerprint density at radius 1 is 1.43 bits per heavy atom. The molecule has 1 fully saturated rings. The first-order valence-corrected chi connectivity index (χ1v) is 7.48. The maximum absolute atomic E-state index is 5.97. The number of morpholine rings is 1. The van der Waals surface area contributed by atoms with E-state index < -0.39 is 0 Å². The number of aryl methyl sites for hydroxylation is 1. The van der Waals surface area contributed by atoms with E-state index in [1.165, 1.54) is 0 Å². The lowest BCUT2D eigenvalue weighted by Gasteiger charge is -2.32. The van der Waals surface area contributed by atoms with E-state index in [-0.39, 0.29) is 6.10 Å². The molecule has 1 saturated heterocycles. The standard InChI is InChI=1S/C14H18N8O/c1-21-9(2-3-18-21)6-22-4-5-23-10(7-22)13-19-12(15)11-14(20-13)17-8-16-11/h2-3,8,10H,4-7H2,1H3,(H3,15,16,17,19,20). The molecule has 0 bridgehead atoms. The summed E-state index contributed by atoms with van der Waals surface area (Å²) >= 11 is 0. The van der Waals surface area contributed by atoms with Crippen LogP contribution in [0.2, 0.25) is 0 Å². The molecule has 1 atom stereocenters. The van der Waals surface area contributed by atoms with Crippen molar-refractivity contribution in [1.82, 2.24) is 34.6 Å². The van der Waals surface area contributed by atoms with Gasteiger partial charge in [0.25, 0.3) is 0 Å². The minimum atomic E-state index is -0.208. The van der Waals surface area contributed by atoms with Crippen LogP contribution in [0.5, 0.6) is 0 Å². The number of aromatic nitrogens is 6. The van der Waals surface area contributed by atoms with Crippen molar-refractivity contribution in [2.24, 2.45) is 7.05 Å². The Morgan fingerprint density at radius 2 is 2.35 bits per heavy atom. The molecule has 0 radical (unpaired) electrons. The normalized spacial score (nSPS) is 19.4. The monoisotopic (exact) mass is 314 g/mol. The molecule has 1 unspecified atom stereocenters. The Morgan fingerprint density at radius 3 is 3.17 bits per heavy atom. The van der Waals surface area contributed by atoms with Crippen molar-refractivity contribution in [3.05, 3.63) is 30.1 Å². The van der Waals surface area contributed by atoms with Crippen molar-refractivity contribution < 1.29 is 4.74 Å². The topological polar surface area (TPSA) is 111 Å². The fourth-order valence-electron chi connectivity index (χ4n) is 2.81. The molecule has 0 aliphatic carbocycles. The molecule has 1 aliphatic heterocycles. The van der Waals surface area contributed by atoms with E-state index >= 15 is 0 Å². The van der Waals surface area contributed by atoms with Gasteiger partial charge >= 0.3 is 0 Å². The van der Waals surface area contributed by atoms with Gasteiger partial charge in [0, 0.05) is 32.9 Å². The smallest absolute Gasteiger partial charge is 0.183 e. The summed E-state index contributed by atoms with van der Waals surface area (Å²) in [5, 5.41) is 4.20. The van der Waals surface area contributed by atoms with E-state index in [0.29, 0.717) is 36.0 Å². The molecular weight excluding hydrogens is 296 g/mol. The van der Waals surface area contributed by atoms with Crippen molar-refractivity contribution in [2.45, 2.75) is 12.6 Å². The third-order valence-corrected chi connectivity index (χ3v) is 4.08. The van der Waals surface area contributed by atoms with Crippen molar-refractivity contribution in [2.75, 3.05) is 25.4 Å². The van der Waals surface area contributed by atoms with Crippen LogP contribution >= 0.6 is 0 Å². The largest absolute Gasteiger partial charge is 0.382 e. The van der Waals surface area contributed by atoms with Gasteiger partial charge < -0.3 is 15.5 Å². The summed E-state index contributed by atoms with van der Waals surface area (Å²) in [7, 11) is 1.95. The maximum atomic E-state index is 5.97. The fourth-order valence-corrected chi connectivity index (χ4v) is 2.81. The van der Waals surface area contributed by atoms with Crippen molar-refractivity contribution in [3.63, 3.8) is 0 Å². The second-order valence-corrected chi connectivity index (χ2v) is 5.61. The van der Waals surface area contributed by atoms with Gasteiger partial charge in [-0.1, -0.05) is 0 Å². The highest BCUT2D eigenvalue weighted by Crippen LogP contribution is 2.23. The number of nitrogen functional groups attached to an aromatic ring is 1. The Labute approximate surface area is 132 Å². The second kappa shape index (κ2) is 5.60.